The molecular weight excluding hydrogens is 574 g/mol. The van der Waals surface area contributed by atoms with Crippen molar-refractivity contribution in [1.29, 1.82) is 0 Å². The van der Waals surface area contributed by atoms with E-state index < -0.39 is 53.1 Å². The molecule has 0 spiro atoms. The normalized spacial score (nSPS) is 28.2. The molecule has 0 bridgehead atoms. The molecule has 12 heteroatoms. The number of carbonyl (C=O) groups is 2. The summed E-state index contributed by atoms with van der Waals surface area (Å²) in [4.78, 5) is 26.7. The largest absolute Gasteiger partial charge is 0.479 e. The number of halogens is 8. The van der Waals surface area contributed by atoms with E-state index in [9.17, 15) is 49.8 Å². The van der Waals surface area contributed by atoms with Gasteiger partial charge in [0.1, 0.15) is 0 Å². The van der Waals surface area contributed by atoms with Crippen molar-refractivity contribution in [2.45, 2.75) is 80.6 Å². The number of nitrogens with zero attached hydrogens (tertiary/aromatic N) is 1. The molecule has 4 nitrogen and oxygen atoms in total. The predicted molar refractivity (Wildman–Crippen MR) is 135 cm³/mol. The first kappa shape index (κ1) is 30.3. The van der Waals surface area contributed by atoms with E-state index in [-0.39, 0.29) is 62.5 Å². The maximum absolute atomic E-state index is 14.9. The van der Waals surface area contributed by atoms with Crippen LogP contribution in [-0.2, 0) is 28.1 Å². The number of carboxylic acids is 1. The van der Waals surface area contributed by atoms with E-state index in [1.54, 1.807) is 4.90 Å². The fraction of sp³-hybridized carbons (Fsp3) is 0.533. The van der Waals surface area contributed by atoms with Gasteiger partial charge in [0.05, 0.1) is 0 Å². The molecule has 3 aliphatic rings. The standard InChI is InChI=1S/C30H29F8NO3/c31-27(26(41)42)12-10-18(11-13-27)25(40)39-16-20(14-17-4-2-1-3-5-17)24-22-8-7-21(15-19(22)6-9-23(24)39)28(32,29(33,34)35)30(36,37)38/h1-5,7-8,15,18,20,23-24H,6,9-14,16H2,(H,41,42)/t18?,20?,23-,24+,27?/m1/s1. The third kappa shape index (κ3) is 5.04. The van der Waals surface area contributed by atoms with Crippen LogP contribution >= 0.6 is 0 Å². The van der Waals surface area contributed by atoms with Gasteiger partial charge in [0.15, 0.2) is 0 Å². The molecule has 3 atom stereocenters. The Morgan fingerprint density at radius 3 is 2.10 bits per heavy atom. The first-order valence-electron chi connectivity index (χ1n) is 13.8. The Balaban J connectivity index is 1.48. The molecule has 1 heterocycles. The first-order chi connectivity index (χ1) is 19.6. The van der Waals surface area contributed by atoms with Gasteiger partial charge in [0, 0.05) is 30.0 Å². The third-order valence-electron chi connectivity index (χ3n) is 9.28. The number of fused-ring (bicyclic) bond motifs is 3. The second-order valence-electron chi connectivity index (χ2n) is 11.7. The van der Waals surface area contributed by atoms with Gasteiger partial charge >= 0.3 is 24.0 Å². The summed E-state index contributed by atoms with van der Waals surface area (Å²) < 4.78 is 110. The SMILES string of the molecule is O=C(C1CCC(F)(C(=O)O)CC1)N1CC(Cc2ccccc2)[C@H]2c3ccc(C(F)(C(F)(F)F)C(F)(F)F)cc3CC[C@H]21. The van der Waals surface area contributed by atoms with Crippen LogP contribution in [-0.4, -0.2) is 52.5 Å². The highest BCUT2D eigenvalue weighted by Crippen LogP contribution is 2.55. The van der Waals surface area contributed by atoms with Crippen LogP contribution in [0, 0.1) is 11.8 Å². The van der Waals surface area contributed by atoms with Crippen molar-refractivity contribution in [2.75, 3.05) is 6.54 Å². The summed E-state index contributed by atoms with van der Waals surface area (Å²) in [5.74, 6) is -3.09. The molecular formula is C30H29F8NO3. The maximum atomic E-state index is 14.9. The Bertz CT molecular complexity index is 1320. The number of likely N-dealkylation sites (tertiary alicyclic amines) is 1. The number of hydrogen-bond acceptors (Lipinski definition) is 2. The Labute approximate surface area is 236 Å². The molecule has 1 amide bonds. The number of carbonyl (C=O) groups excluding carboxylic acids is 1. The molecule has 1 unspecified atom stereocenters. The zero-order valence-corrected chi connectivity index (χ0v) is 22.3. The van der Waals surface area contributed by atoms with Gasteiger partial charge in [-0.1, -0.05) is 48.5 Å². The highest BCUT2D eigenvalue weighted by atomic mass is 19.4. The minimum Gasteiger partial charge on any atom is -0.479 e. The third-order valence-corrected chi connectivity index (χ3v) is 9.28. The molecule has 2 fully saturated rings. The van der Waals surface area contributed by atoms with E-state index in [0.717, 1.165) is 11.6 Å². The van der Waals surface area contributed by atoms with Crippen LogP contribution in [0.2, 0.25) is 0 Å². The summed E-state index contributed by atoms with van der Waals surface area (Å²) in [5, 5.41) is 9.20. The number of carboxylic acid groups (broad SMARTS) is 1. The summed E-state index contributed by atoms with van der Waals surface area (Å²) in [6, 6.07) is 11.2. The second-order valence-corrected chi connectivity index (χ2v) is 11.7. The molecule has 1 saturated carbocycles. The summed E-state index contributed by atoms with van der Waals surface area (Å²) >= 11 is 0. The molecule has 5 rings (SSSR count). The van der Waals surface area contributed by atoms with E-state index in [4.69, 9.17) is 0 Å². The quantitative estimate of drug-likeness (QED) is 0.373. The Kier molecular flexibility index (Phi) is 7.58. The number of amides is 1. The molecule has 2 aromatic rings. The van der Waals surface area contributed by atoms with E-state index in [1.165, 1.54) is 0 Å². The lowest BCUT2D eigenvalue weighted by Gasteiger charge is -2.38. The van der Waals surface area contributed by atoms with Crippen molar-refractivity contribution in [2.24, 2.45) is 11.8 Å². The minimum absolute atomic E-state index is 0.0369. The predicted octanol–water partition coefficient (Wildman–Crippen LogP) is 7.06. The Morgan fingerprint density at radius 1 is 0.905 bits per heavy atom. The molecule has 1 aliphatic heterocycles. The summed E-state index contributed by atoms with van der Waals surface area (Å²) in [6.45, 7) is 0.263. The van der Waals surface area contributed by atoms with E-state index in [2.05, 4.69) is 0 Å². The lowest BCUT2D eigenvalue weighted by atomic mass is 9.72. The van der Waals surface area contributed by atoms with Gasteiger partial charge in [-0.15, -0.1) is 0 Å². The van der Waals surface area contributed by atoms with Gasteiger partial charge in [-0.2, -0.15) is 26.3 Å². The first-order valence-corrected chi connectivity index (χ1v) is 13.8. The van der Waals surface area contributed by atoms with Crippen LogP contribution in [0.4, 0.5) is 35.1 Å². The van der Waals surface area contributed by atoms with Crippen LogP contribution in [0.15, 0.2) is 48.5 Å². The monoisotopic (exact) mass is 603 g/mol. The molecule has 2 aromatic carbocycles. The van der Waals surface area contributed by atoms with Crippen molar-refractivity contribution in [3.63, 3.8) is 0 Å². The topological polar surface area (TPSA) is 57.6 Å². The zero-order chi connectivity index (χ0) is 30.7. The van der Waals surface area contributed by atoms with E-state index in [0.29, 0.717) is 24.1 Å². The number of benzene rings is 2. The summed E-state index contributed by atoms with van der Waals surface area (Å²) in [7, 11) is 0. The highest BCUT2D eigenvalue weighted by molar-refractivity contribution is 5.82. The summed E-state index contributed by atoms with van der Waals surface area (Å²) in [5.41, 5.74) is -7.86. The lowest BCUT2D eigenvalue weighted by molar-refractivity contribution is -0.348. The number of hydrogen-bond donors (Lipinski definition) is 1. The smallest absolute Gasteiger partial charge is 0.435 e. The number of aryl methyl sites for hydroxylation is 1. The van der Waals surface area contributed by atoms with Crippen LogP contribution in [0.1, 0.15) is 60.3 Å². The molecule has 42 heavy (non-hydrogen) atoms. The van der Waals surface area contributed by atoms with Gasteiger partial charge in [0.2, 0.25) is 11.6 Å². The van der Waals surface area contributed by atoms with Crippen molar-refractivity contribution in [1.82, 2.24) is 4.90 Å². The number of alkyl halides is 8. The van der Waals surface area contributed by atoms with Gasteiger partial charge < -0.3 is 10.0 Å². The van der Waals surface area contributed by atoms with Gasteiger partial charge in [0.25, 0.3) is 0 Å². The van der Waals surface area contributed by atoms with Crippen LogP contribution in [0.25, 0.3) is 0 Å². The van der Waals surface area contributed by atoms with Gasteiger partial charge in [-0.3, -0.25) is 4.79 Å². The molecule has 0 radical (unpaired) electrons. The summed E-state index contributed by atoms with van der Waals surface area (Å²) in [6.07, 6.45) is -12.2. The van der Waals surface area contributed by atoms with Gasteiger partial charge in [-0.05, 0) is 67.6 Å². The lowest BCUT2D eigenvalue weighted by Crippen LogP contribution is -2.50. The Morgan fingerprint density at radius 2 is 1.52 bits per heavy atom. The fourth-order valence-corrected chi connectivity index (χ4v) is 7.09. The fourth-order valence-electron chi connectivity index (χ4n) is 7.09. The number of aliphatic carboxylic acids is 1. The Hall–Kier alpha value is -3.18. The van der Waals surface area contributed by atoms with Crippen molar-refractivity contribution >= 4 is 11.9 Å². The van der Waals surface area contributed by atoms with Crippen molar-refractivity contribution in [3.05, 3.63) is 70.8 Å². The number of rotatable bonds is 5. The van der Waals surface area contributed by atoms with Gasteiger partial charge in [-0.25, -0.2) is 13.6 Å². The average molecular weight is 604 g/mol. The minimum atomic E-state index is -6.22. The molecule has 2 aliphatic carbocycles. The molecule has 1 N–H and O–H groups in total. The van der Waals surface area contributed by atoms with E-state index >= 15 is 0 Å². The van der Waals surface area contributed by atoms with Crippen molar-refractivity contribution in [3.8, 4) is 0 Å². The van der Waals surface area contributed by atoms with Crippen LogP contribution in [0.3, 0.4) is 0 Å². The average Bonchev–Trinajstić information content (AvgIpc) is 3.30. The highest BCUT2D eigenvalue weighted by Gasteiger charge is 2.73. The van der Waals surface area contributed by atoms with Crippen LogP contribution in [0.5, 0.6) is 0 Å². The molecule has 1 saturated heterocycles. The maximum Gasteiger partial charge on any atom is 0.435 e. The van der Waals surface area contributed by atoms with Crippen molar-refractivity contribution < 1.29 is 49.8 Å². The second kappa shape index (κ2) is 10.5. The zero-order valence-electron chi connectivity index (χ0n) is 22.3. The molecule has 0 aromatic heterocycles. The van der Waals surface area contributed by atoms with E-state index in [1.807, 2.05) is 30.3 Å². The molecule has 228 valence electrons. The van der Waals surface area contributed by atoms with Crippen LogP contribution < -0.4 is 0 Å².